The summed E-state index contributed by atoms with van der Waals surface area (Å²) >= 11 is 0. The van der Waals surface area contributed by atoms with Crippen LogP contribution in [0.25, 0.3) is 0 Å². The lowest BCUT2D eigenvalue weighted by atomic mass is 10.0. The molecule has 106 valence electrons. The first-order chi connectivity index (χ1) is 9.65. The van der Waals surface area contributed by atoms with Gasteiger partial charge in [0.25, 0.3) is 5.91 Å². The third-order valence-electron chi connectivity index (χ3n) is 3.81. The van der Waals surface area contributed by atoms with Crippen molar-refractivity contribution in [2.45, 2.75) is 32.7 Å². The molecule has 3 nitrogen and oxygen atoms in total. The van der Waals surface area contributed by atoms with Crippen molar-refractivity contribution in [3.63, 3.8) is 0 Å². The Morgan fingerprint density at radius 1 is 1.45 bits per heavy atom. The van der Waals surface area contributed by atoms with E-state index in [1.54, 1.807) is 0 Å². The number of carbonyl (C=O) groups is 1. The minimum absolute atomic E-state index is 0.100. The van der Waals surface area contributed by atoms with E-state index in [2.05, 4.69) is 25.7 Å². The van der Waals surface area contributed by atoms with Crippen molar-refractivity contribution in [3.8, 4) is 11.8 Å². The Morgan fingerprint density at radius 3 is 2.90 bits per heavy atom. The molecule has 1 aliphatic rings. The van der Waals surface area contributed by atoms with Crippen LogP contribution in [0.3, 0.4) is 0 Å². The van der Waals surface area contributed by atoms with Crippen LogP contribution in [0.4, 0.5) is 0 Å². The van der Waals surface area contributed by atoms with Gasteiger partial charge >= 0.3 is 0 Å². The van der Waals surface area contributed by atoms with Gasteiger partial charge in [-0.05, 0) is 30.9 Å². The third kappa shape index (κ3) is 3.02. The number of likely N-dealkylation sites (tertiary alicyclic amines) is 1. The summed E-state index contributed by atoms with van der Waals surface area (Å²) in [5.41, 5.74) is 6.89. The van der Waals surface area contributed by atoms with Gasteiger partial charge in [0.2, 0.25) is 0 Å². The van der Waals surface area contributed by atoms with Crippen LogP contribution in [-0.2, 0) is 0 Å². The van der Waals surface area contributed by atoms with Crippen LogP contribution in [0, 0.1) is 17.8 Å². The Labute approximate surface area is 121 Å². The average molecular weight is 270 g/mol. The Bertz CT molecular complexity index is 539. The Kier molecular flexibility index (Phi) is 4.81. The predicted molar refractivity (Wildman–Crippen MR) is 81.3 cm³/mol. The van der Waals surface area contributed by atoms with Gasteiger partial charge in [-0.25, -0.2) is 0 Å². The standard InChI is InChI=1S/C17H22N2O/c1-13(2)16-10-6-12-19(16)17(20)15-9-4-3-7-14(15)8-5-11-18/h3-4,7,9,13,16H,6,10-12,18H2,1-2H3. The predicted octanol–water partition coefficient (Wildman–Crippen LogP) is 2.26. The number of nitrogens with zero attached hydrogens (tertiary/aromatic N) is 1. The minimum atomic E-state index is 0.100. The van der Waals surface area contributed by atoms with Gasteiger partial charge in [-0.1, -0.05) is 37.8 Å². The SMILES string of the molecule is CC(C)C1CCCN1C(=O)c1ccccc1C#CCN. The smallest absolute Gasteiger partial charge is 0.255 e. The summed E-state index contributed by atoms with van der Waals surface area (Å²) in [6.07, 6.45) is 2.19. The summed E-state index contributed by atoms with van der Waals surface area (Å²) in [7, 11) is 0. The maximum absolute atomic E-state index is 12.8. The minimum Gasteiger partial charge on any atom is -0.335 e. The number of hydrogen-bond acceptors (Lipinski definition) is 2. The molecule has 1 aromatic rings. The average Bonchev–Trinajstić information content (AvgIpc) is 2.94. The van der Waals surface area contributed by atoms with Crippen LogP contribution < -0.4 is 5.73 Å². The Hall–Kier alpha value is -1.79. The number of hydrogen-bond donors (Lipinski definition) is 1. The van der Waals surface area contributed by atoms with Crippen molar-refractivity contribution in [3.05, 3.63) is 35.4 Å². The molecule has 1 aliphatic heterocycles. The Morgan fingerprint density at radius 2 is 2.20 bits per heavy atom. The van der Waals surface area contributed by atoms with E-state index in [0.717, 1.165) is 24.9 Å². The summed E-state index contributed by atoms with van der Waals surface area (Å²) in [6, 6.07) is 7.88. The monoisotopic (exact) mass is 270 g/mol. The summed E-state index contributed by atoms with van der Waals surface area (Å²) in [5.74, 6) is 6.42. The van der Waals surface area contributed by atoms with Crippen LogP contribution in [-0.4, -0.2) is 29.9 Å². The highest BCUT2D eigenvalue weighted by molar-refractivity contribution is 5.97. The molecule has 1 unspecified atom stereocenters. The van der Waals surface area contributed by atoms with E-state index in [9.17, 15) is 4.79 Å². The summed E-state index contributed by atoms with van der Waals surface area (Å²) in [6.45, 7) is 5.51. The molecule has 1 fully saturated rings. The van der Waals surface area contributed by atoms with E-state index in [0.29, 0.717) is 24.1 Å². The lowest BCUT2D eigenvalue weighted by Gasteiger charge is -2.28. The lowest BCUT2D eigenvalue weighted by molar-refractivity contribution is 0.0701. The third-order valence-corrected chi connectivity index (χ3v) is 3.81. The van der Waals surface area contributed by atoms with Gasteiger partial charge in [-0.3, -0.25) is 4.79 Å². The highest BCUT2D eigenvalue weighted by atomic mass is 16.2. The summed E-state index contributed by atoms with van der Waals surface area (Å²) < 4.78 is 0. The lowest BCUT2D eigenvalue weighted by Crippen LogP contribution is -2.38. The van der Waals surface area contributed by atoms with Gasteiger partial charge < -0.3 is 10.6 Å². The van der Waals surface area contributed by atoms with E-state index in [1.165, 1.54) is 0 Å². The normalized spacial score (nSPS) is 18.0. The van der Waals surface area contributed by atoms with E-state index in [1.807, 2.05) is 29.2 Å². The van der Waals surface area contributed by atoms with E-state index < -0.39 is 0 Å². The van der Waals surface area contributed by atoms with Crippen LogP contribution in [0.5, 0.6) is 0 Å². The van der Waals surface area contributed by atoms with Crippen molar-refractivity contribution in [1.29, 1.82) is 0 Å². The van der Waals surface area contributed by atoms with Gasteiger partial charge in [0.15, 0.2) is 0 Å². The summed E-state index contributed by atoms with van der Waals surface area (Å²) in [4.78, 5) is 14.8. The zero-order chi connectivity index (χ0) is 14.5. The molecule has 3 heteroatoms. The Balaban J connectivity index is 2.29. The molecular weight excluding hydrogens is 248 g/mol. The molecular formula is C17H22N2O. The van der Waals surface area contributed by atoms with Crippen molar-refractivity contribution in [2.24, 2.45) is 11.7 Å². The fourth-order valence-corrected chi connectivity index (χ4v) is 2.82. The highest BCUT2D eigenvalue weighted by Gasteiger charge is 2.31. The molecule has 0 spiro atoms. The first kappa shape index (κ1) is 14.6. The number of benzene rings is 1. The second kappa shape index (κ2) is 6.58. The van der Waals surface area contributed by atoms with Gasteiger partial charge in [0, 0.05) is 18.2 Å². The topological polar surface area (TPSA) is 46.3 Å². The molecule has 0 aliphatic carbocycles. The van der Waals surface area contributed by atoms with E-state index in [-0.39, 0.29) is 5.91 Å². The second-order valence-corrected chi connectivity index (χ2v) is 5.50. The molecule has 1 amide bonds. The van der Waals surface area contributed by atoms with Gasteiger partial charge in [-0.15, -0.1) is 0 Å². The van der Waals surface area contributed by atoms with Crippen molar-refractivity contribution in [1.82, 2.24) is 4.90 Å². The van der Waals surface area contributed by atoms with Gasteiger partial charge in [0.05, 0.1) is 12.1 Å². The second-order valence-electron chi connectivity index (χ2n) is 5.50. The van der Waals surface area contributed by atoms with Crippen LogP contribution >= 0.6 is 0 Å². The quantitative estimate of drug-likeness (QED) is 0.838. The fourth-order valence-electron chi connectivity index (χ4n) is 2.82. The zero-order valence-electron chi connectivity index (χ0n) is 12.2. The molecule has 0 radical (unpaired) electrons. The molecule has 2 N–H and O–H groups in total. The maximum atomic E-state index is 12.8. The zero-order valence-corrected chi connectivity index (χ0v) is 12.2. The van der Waals surface area contributed by atoms with Crippen LogP contribution in [0.2, 0.25) is 0 Å². The molecule has 0 aromatic heterocycles. The molecule has 1 heterocycles. The van der Waals surface area contributed by atoms with Crippen molar-refractivity contribution >= 4 is 5.91 Å². The number of rotatable bonds is 2. The number of carbonyl (C=O) groups excluding carboxylic acids is 1. The largest absolute Gasteiger partial charge is 0.335 e. The van der Waals surface area contributed by atoms with Crippen LogP contribution in [0.1, 0.15) is 42.6 Å². The summed E-state index contributed by atoms with van der Waals surface area (Å²) in [5, 5.41) is 0. The van der Waals surface area contributed by atoms with E-state index in [4.69, 9.17) is 5.73 Å². The molecule has 1 atom stereocenters. The maximum Gasteiger partial charge on any atom is 0.255 e. The first-order valence-electron chi connectivity index (χ1n) is 7.24. The molecule has 0 bridgehead atoms. The molecule has 2 rings (SSSR count). The number of nitrogens with two attached hydrogens (primary N) is 1. The number of amides is 1. The van der Waals surface area contributed by atoms with Gasteiger partial charge in [0.1, 0.15) is 0 Å². The van der Waals surface area contributed by atoms with Gasteiger partial charge in [-0.2, -0.15) is 0 Å². The van der Waals surface area contributed by atoms with Crippen LogP contribution in [0.15, 0.2) is 24.3 Å². The molecule has 0 saturated carbocycles. The molecule has 1 aromatic carbocycles. The molecule has 20 heavy (non-hydrogen) atoms. The fraction of sp³-hybridized carbons (Fsp3) is 0.471. The van der Waals surface area contributed by atoms with Crippen molar-refractivity contribution < 1.29 is 4.79 Å². The van der Waals surface area contributed by atoms with Crippen molar-refractivity contribution in [2.75, 3.05) is 13.1 Å². The highest BCUT2D eigenvalue weighted by Crippen LogP contribution is 2.26. The first-order valence-corrected chi connectivity index (χ1v) is 7.24. The van der Waals surface area contributed by atoms with E-state index >= 15 is 0 Å². The molecule has 1 saturated heterocycles.